The van der Waals surface area contributed by atoms with E-state index >= 15 is 0 Å². The molecular weight excluding hydrogens is 435 g/mol. The number of amides is 2. The maximum atomic E-state index is 14.3. The first-order chi connectivity index (χ1) is 15.4. The largest absolute Gasteiger partial charge is 0.350 e. The van der Waals surface area contributed by atoms with E-state index in [2.05, 4.69) is 15.4 Å². The number of carbonyl (C=O) groups is 2. The van der Waals surface area contributed by atoms with Gasteiger partial charge in [-0.25, -0.2) is 14.1 Å². The molecule has 32 heavy (non-hydrogen) atoms. The van der Waals surface area contributed by atoms with Crippen LogP contribution in [0.15, 0.2) is 30.9 Å². The van der Waals surface area contributed by atoms with Crippen molar-refractivity contribution < 1.29 is 14.0 Å². The lowest BCUT2D eigenvalue weighted by Crippen LogP contribution is -2.53. The van der Waals surface area contributed by atoms with Crippen LogP contribution in [-0.2, 0) is 16.1 Å². The van der Waals surface area contributed by atoms with Gasteiger partial charge in [-0.15, -0.1) is 0 Å². The fourth-order valence-corrected chi connectivity index (χ4v) is 4.91. The van der Waals surface area contributed by atoms with Crippen LogP contribution in [0.2, 0.25) is 5.02 Å². The molecule has 1 aliphatic heterocycles. The van der Waals surface area contributed by atoms with E-state index in [0.717, 1.165) is 37.7 Å². The number of nitrogens with one attached hydrogen (secondary N) is 1. The van der Waals surface area contributed by atoms with E-state index in [1.165, 1.54) is 11.2 Å². The van der Waals surface area contributed by atoms with Crippen molar-refractivity contribution in [1.29, 1.82) is 0 Å². The smallest absolute Gasteiger partial charge is 0.243 e. The predicted molar refractivity (Wildman–Crippen MR) is 118 cm³/mol. The highest BCUT2D eigenvalue weighted by Crippen LogP contribution is 2.29. The van der Waals surface area contributed by atoms with Gasteiger partial charge in [-0.1, -0.05) is 30.9 Å². The Morgan fingerprint density at radius 1 is 1.28 bits per heavy atom. The van der Waals surface area contributed by atoms with Gasteiger partial charge < -0.3 is 16.0 Å². The van der Waals surface area contributed by atoms with Gasteiger partial charge in [0.1, 0.15) is 24.9 Å². The molecule has 2 heterocycles. The second-order valence-electron chi connectivity index (χ2n) is 8.59. The van der Waals surface area contributed by atoms with E-state index in [-0.39, 0.29) is 31.3 Å². The third-order valence-electron chi connectivity index (χ3n) is 6.44. The normalized spacial score (nSPS) is 22.7. The molecule has 0 spiro atoms. The number of carbonyl (C=O) groups excluding carboxylic acids is 2. The van der Waals surface area contributed by atoms with Crippen molar-refractivity contribution >= 4 is 23.4 Å². The summed E-state index contributed by atoms with van der Waals surface area (Å²) in [7, 11) is 0. The van der Waals surface area contributed by atoms with Crippen molar-refractivity contribution in [3.8, 4) is 5.69 Å². The molecule has 1 aromatic carbocycles. The van der Waals surface area contributed by atoms with Crippen molar-refractivity contribution in [2.24, 2.45) is 11.7 Å². The molecule has 172 valence electrons. The van der Waals surface area contributed by atoms with Gasteiger partial charge in [-0.05, 0) is 42.5 Å². The molecule has 10 heteroatoms. The van der Waals surface area contributed by atoms with Crippen molar-refractivity contribution in [3.05, 3.63) is 41.4 Å². The molecule has 2 fully saturated rings. The predicted octanol–water partition coefficient (Wildman–Crippen LogP) is 2.38. The lowest BCUT2D eigenvalue weighted by molar-refractivity contribution is -0.140. The van der Waals surface area contributed by atoms with E-state index < -0.39 is 24.2 Å². The summed E-state index contributed by atoms with van der Waals surface area (Å²) in [6, 6.07) is 3.67. The molecule has 1 saturated heterocycles. The Kier molecular flexibility index (Phi) is 7.05. The number of hydrogen-bond acceptors (Lipinski definition) is 5. The lowest BCUT2D eigenvalue weighted by Gasteiger charge is -2.32. The Morgan fingerprint density at radius 2 is 2.06 bits per heavy atom. The van der Waals surface area contributed by atoms with Gasteiger partial charge in [-0.3, -0.25) is 9.59 Å². The molecule has 1 aromatic heterocycles. The number of hydrogen-bond donors (Lipinski definition) is 2. The minimum atomic E-state index is -1.25. The third kappa shape index (κ3) is 4.94. The van der Waals surface area contributed by atoms with Crippen LogP contribution in [0.5, 0.6) is 0 Å². The highest BCUT2D eigenvalue weighted by molar-refractivity contribution is 6.30. The zero-order valence-electron chi connectivity index (χ0n) is 17.8. The molecule has 4 rings (SSSR count). The summed E-state index contributed by atoms with van der Waals surface area (Å²) in [6.07, 6.45) is 6.74. The van der Waals surface area contributed by atoms with Crippen molar-refractivity contribution in [2.75, 3.05) is 6.54 Å². The fourth-order valence-electron chi connectivity index (χ4n) is 4.72. The molecule has 0 radical (unpaired) electrons. The molecule has 2 aliphatic rings. The van der Waals surface area contributed by atoms with Gasteiger partial charge in [0.05, 0.1) is 18.3 Å². The molecule has 0 bridgehead atoms. The van der Waals surface area contributed by atoms with Crippen LogP contribution in [0.3, 0.4) is 0 Å². The van der Waals surface area contributed by atoms with Crippen LogP contribution in [0, 0.1) is 5.92 Å². The van der Waals surface area contributed by atoms with Crippen LogP contribution in [-0.4, -0.2) is 56.3 Å². The Morgan fingerprint density at radius 3 is 2.78 bits per heavy atom. The fraction of sp³-hybridized carbons (Fsp3) is 0.545. The van der Waals surface area contributed by atoms with Gasteiger partial charge in [0.2, 0.25) is 11.8 Å². The SMILES string of the molecule is N[C@@H](C(=O)N1C[C@H](F)CC1C(=O)NCc1cc(Cl)ccc1-n1cncn1)C1CCCCC1. The first kappa shape index (κ1) is 22.7. The standard InChI is InChI=1S/C22H28ClFN6O2/c23-16-6-7-18(30-13-26-12-28-30)15(8-16)10-27-21(31)19-9-17(24)11-29(19)22(32)20(25)14-4-2-1-3-5-14/h6-8,12-14,17,19-20H,1-5,9-11,25H2,(H,27,31)/t17-,19?,20-/m1/s1. The van der Waals surface area contributed by atoms with Gasteiger partial charge >= 0.3 is 0 Å². The number of rotatable bonds is 6. The highest BCUT2D eigenvalue weighted by Gasteiger charge is 2.42. The topological polar surface area (TPSA) is 106 Å². The zero-order valence-corrected chi connectivity index (χ0v) is 18.5. The average Bonchev–Trinajstić information content (AvgIpc) is 3.47. The molecule has 1 unspecified atom stereocenters. The number of nitrogens with two attached hydrogens (primary N) is 1. The number of halogens is 2. The van der Waals surface area contributed by atoms with E-state index in [0.29, 0.717) is 10.7 Å². The molecule has 1 saturated carbocycles. The van der Waals surface area contributed by atoms with Crippen LogP contribution in [0.25, 0.3) is 5.69 Å². The summed E-state index contributed by atoms with van der Waals surface area (Å²) < 4.78 is 15.8. The number of nitrogens with zero attached hydrogens (tertiary/aromatic N) is 4. The Bertz CT molecular complexity index is 950. The Balaban J connectivity index is 1.44. The van der Waals surface area contributed by atoms with E-state index in [1.54, 1.807) is 29.2 Å². The minimum Gasteiger partial charge on any atom is -0.350 e. The third-order valence-corrected chi connectivity index (χ3v) is 6.67. The summed E-state index contributed by atoms with van der Waals surface area (Å²) in [5, 5.41) is 7.47. The van der Waals surface area contributed by atoms with Crippen molar-refractivity contribution in [3.63, 3.8) is 0 Å². The van der Waals surface area contributed by atoms with Crippen LogP contribution >= 0.6 is 11.6 Å². The molecule has 2 amide bonds. The summed E-state index contributed by atoms with van der Waals surface area (Å²) in [6.45, 7) is 0.0530. The van der Waals surface area contributed by atoms with Gasteiger partial charge in [0.25, 0.3) is 0 Å². The molecule has 2 aromatic rings. The lowest BCUT2D eigenvalue weighted by atomic mass is 9.83. The van der Waals surface area contributed by atoms with E-state index in [9.17, 15) is 14.0 Å². The molecule has 8 nitrogen and oxygen atoms in total. The number of likely N-dealkylation sites (tertiary alicyclic amines) is 1. The number of benzene rings is 1. The summed E-state index contributed by atoms with van der Waals surface area (Å²) >= 11 is 6.14. The molecule has 3 N–H and O–H groups in total. The first-order valence-electron chi connectivity index (χ1n) is 11.1. The quantitative estimate of drug-likeness (QED) is 0.685. The minimum absolute atomic E-state index is 0.0273. The number of aromatic nitrogens is 3. The summed E-state index contributed by atoms with van der Waals surface area (Å²) in [5.41, 5.74) is 7.70. The maximum Gasteiger partial charge on any atom is 0.243 e. The summed E-state index contributed by atoms with van der Waals surface area (Å²) in [4.78, 5) is 31.3. The van der Waals surface area contributed by atoms with Crippen LogP contribution < -0.4 is 11.1 Å². The average molecular weight is 463 g/mol. The van der Waals surface area contributed by atoms with Gasteiger partial charge in [0, 0.05) is 18.0 Å². The zero-order chi connectivity index (χ0) is 22.7. The van der Waals surface area contributed by atoms with Crippen LogP contribution in [0.1, 0.15) is 44.1 Å². The van der Waals surface area contributed by atoms with Crippen LogP contribution in [0.4, 0.5) is 4.39 Å². The second kappa shape index (κ2) is 9.95. The molecule has 1 aliphatic carbocycles. The monoisotopic (exact) mass is 462 g/mol. The van der Waals surface area contributed by atoms with Gasteiger partial charge in [0.15, 0.2) is 0 Å². The highest BCUT2D eigenvalue weighted by atomic mass is 35.5. The maximum absolute atomic E-state index is 14.3. The molecule has 3 atom stereocenters. The number of alkyl halides is 1. The summed E-state index contributed by atoms with van der Waals surface area (Å²) in [5.74, 6) is -0.641. The van der Waals surface area contributed by atoms with E-state index in [4.69, 9.17) is 17.3 Å². The Hall–Kier alpha value is -2.52. The van der Waals surface area contributed by atoms with E-state index in [1.807, 2.05) is 0 Å². The van der Waals surface area contributed by atoms with Crippen molar-refractivity contribution in [2.45, 2.75) is 63.3 Å². The van der Waals surface area contributed by atoms with Gasteiger partial charge in [-0.2, -0.15) is 5.10 Å². The second-order valence-corrected chi connectivity index (χ2v) is 9.03. The van der Waals surface area contributed by atoms with Crippen molar-refractivity contribution in [1.82, 2.24) is 25.0 Å². The molecular formula is C22H28ClFN6O2. The first-order valence-corrected chi connectivity index (χ1v) is 11.4. The Labute approximate surface area is 191 Å².